The van der Waals surface area contributed by atoms with Crippen LogP contribution < -0.4 is 10.5 Å². The molecule has 0 amide bonds. The van der Waals surface area contributed by atoms with E-state index in [1.807, 2.05) is 0 Å². The van der Waals surface area contributed by atoms with Gasteiger partial charge in [-0.3, -0.25) is 4.18 Å². The van der Waals surface area contributed by atoms with Gasteiger partial charge >= 0.3 is 10.3 Å². The van der Waals surface area contributed by atoms with Gasteiger partial charge < -0.3 is 10.4 Å². The molecule has 3 aromatic rings. The molecule has 1 fully saturated rings. The topological polar surface area (TPSA) is 127 Å². The van der Waals surface area contributed by atoms with E-state index in [0.29, 0.717) is 12.8 Å². The van der Waals surface area contributed by atoms with Gasteiger partial charge in [-0.05, 0) is 60.1 Å². The SMILES string of the molecule is NS(=O)(=O)OC[C@@H]1C[C@@H](c2csc3c(N[C@@H]4CCCc5ccccc54)ncnc23)C[C@@H]1O. The number of aliphatic hydroxyl groups is 1. The van der Waals surface area contributed by atoms with Crippen LogP contribution in [0, 0.1) is 5.92 Å². The molecule has 5 rings (SSSR count). The number of hydrogen-bond donors (Lipinski definition) is 3. The summed E-state index contributed by atoms with van der Waals surface area (Å²) >= 11 is 1.60. The molecule has 0 saturated heterocycles. The number of nitrogens with one attached hydrogen (secondary N) is 1. The summed E-state index contributed by atoms with van der Waals surface area (Å²) in [6, 6.07) is 8.78. The predicted molar refractivity (Wildman–Crippen MR) is 124 cm³/mol. The molecule has 0 radical (unpaired) electrons. The van der Waals surface area contributed by atoms with Gasteiger partial charge in [-0.1, -0.05) is 24.3 Å². The van der Waals surface area contributed by atoms with Gasteiger partial charge in [-0.15, -0.1) is 11.3 Å². The third kappa shape index (κ3) is 4.38. The third-order valence-electron chi connectivity index (χ3n) is 6.61. The highest BCUT2D eigenvalue weighted by Gasteiger charge is 2.36. The van der Waals surface area contributed by atoms with Crippen molar-refractivity contribution in [3.63, 3.8) is 0 Å². The molecule has 0 unspecified atom stereocenters. The molecule has 2 heterocycles. The van der Waals surface area contributed by atoms with Crippen LogP contribution in [0.2, 0.25) is 0 Å². The number of thiophene rings is 1. The van der Waals surface area contributed by atoms with Crippen LogP contribution in [0.25, 0.3) is 10.2 Å². The molecule has 8 nitrogen and oxygen atoms in total. The standard InChI is InChI=1S/C22H26N4O4S2/c23-32(28,29)30-10-15-8-14(9-19(15)27)17-11-31-21-20(17)24-12-25-22(21)26-18-7-3-5-13-4-1-2-6-16(13)18/h1-2,4,6,11-12,14-15,18-19,27H,3,5,7-10H2,(H2,23,28,29)(H,24,25,26)/t14-,15+,18-,19+/m1/s1. The Hall–Kier alpha value is -2.11. The van der Waals surface area contributed by atoms with Crippen molar-refractivity contribution < 1.29 is 17.7 Å². The van der Waals surface area contributed by atoms with E-state index in [-0.39, 0.29) is 24.5 Å². The summed E-state index contributed by atoms with van der Waals surface area (Å²) in [4.78, 5) is 9.09. The maximum absolute atomic E-state index is 11.1. The molecule has 0 aliphatic heterocycles. The van der Waals surface area contributed by atoms with Crippen molar-refractivity contribution in [3.05, 3.63) is 52.7 Å². The van der Waals surface area contributed by atoms with Gasteiger partial charge in [-0.25, -0.2) is 15.1 Å². The van der Waals surface area contributed by atoms with Gasteiger partial charge in [0.15, 0.2) is 0 Å². The molecule has 170 valence electrons. The zero-order valence-electron chi connectivity index (χ0n) is 17.5. The van der Waals surface area contributed by atoms with Gasteiger partial charge in [0.2, 0.25) is 0 Å². The van der Waals surface area contributed by atoms with Crippen LogP contribution in [0.3, 0.4) is 0 Å². The highest BCUT2D eigenvalue weighted by molar-refractivity contribution is 7.84. The first-order valence-corrected chi connectivity index (χ1v) is 13.2. The molecule has 2 aliphatic carbocycles. The normalized spacial score (nSPS) is 25.7. The Bertz CT molecular complexity index is 1230. The van der Waals surface area contributed by atoms with Crippen LogP contribution >= 0.6 is 11.3 Å². The van der Waals surface area contributed by atoms with Crippen LogP contribution in [0.1, 0.15) is 54.3 Å². The zero-order chi connectivity index (χ0) is 22.3. The maximum Gasteiger partial charge on any atom is 0.333 e. The molecule has 4 N–H and O–H groups in total. The Labute approximate surface area is 191 Å². The monoisotopic (exact) mass is 474 g/mol. The van der Waals surface area contributed by atoms with E-state index in [9.17, 15) is 13.5 Å². The molecular formula is C22H26N4O4S2. The van der Waals surface area contributed by atoms with Crippen molar-refractivity contribution >= 4 is 37.7 Å². The molecule has 4 atom stereocenters. The lowest BCUT2D eigenvalue weighted by atomic mass is 9.88. The van der Waals surface area contributed by atoms with Crippen molar-refractivity contribution in [2.75, 3.05) is 11.9 Å². The van der Waals surface area contributed by atoms with E-state index in [0.717, 1.165) is 40.9 Å². The number of rotatable bonds is 6. The number of benzene rings is 1. The summed E-state index contributed by atoms with van der Waals surface area (Å²) < 4.78 is 27.9. The average Bonchev–Trinajstić information content (AvgIpc) is 3.36. The molecule has 0 bridgehead atoms. The summed E-state index contributed by atoms with van der Waals surface area (Å²) in [5.74, 6) is 0.623. The second kappa shape index (κ2) is 8.68. The number of nitrogens with two attached hydrogens (primary N) is 1. The molecule has 1 saturated carbocycles. The Morgan fingerprint density at radius 3 is 2.91 bits per heavy atom. The van der Waals surface area contributed by atoms with E-state index in [4.69, 9.17) is 9.32 Å². The number of fused-ring (bicyclic) bond motifs is 2. The largest absolute Gasteiger partial charge is 0.393 e. The van der Waals surface area contributed by atoms with Crippen molar-refractivity contribution in [2.45, 2.75) is 50.2 Å². The van der Waals surface area contributed by atoms with Gasteiger partial charge in [-0.2, -0.15) is 8.42 Å². The van der Waals surface area contributed by atoms with Gasteiger partial charge in [0.05, 0.1) is 29.0 Å². The van der Waals surface area contributed by atoms with E-state index < -0.39 is 16.4 Å². The van der Waals surface area contributed by atoms with Crippen molar-refractivity contribution in [2.24, 2.45) is 11.1 Å². The van der Waals surface area contributed by atoms with Gasteiger partial charge in [0.25, 0.3) is 0 Å². The summed E-state index contributed by atoms with van der Waals surface area (Å²) in [6.45, 7) is -0.110. The molecule has 0 spiro atoms. The minimum absolute atomic E-state index is 0.0750. The Morgan fingerprint density at radius 2 is 2.06 bits per heavy atom. The van der Waals surface area contributed by atoms with Crippen LogP contribution in [0.5, 0.6) is 0 Å². The van der Waals surface area contributed by atoms with E-state index in [1.165, 1.54) is 11.1 Å². The number of aromatic nitrogens is 2. The maximum atomic E-state index is 11.1. The fourth-order valence-corrected chi connectivity index (χ4v) is 6.47. The summed E-state index contributed by atoms with van der Waals surface area (Å²) in [6.07, 6.45) is 5.40. The third-order valence-corrected chi connectivity index (χ3v) is 8.06. The lowest BCUT2D eigenvalue weighted by molar-refractivity contribution is 0.101. The minimum atomic E-state index is -4.02. The first-order chi connectivity index (χ1) is 15.4. The molecular weight excluding hydrogens is 448 g/mol. The van der Waals surface area contributed by atoms with Gasteiger partial charge in [0.1, 0.15) is 12.1 Å². The number of aryl methyl sites for hydroxylation is 1. The van der Waals surface area contributed by atoms with Crippen LogP contribution in [-0.2, 0) is 20.9 Å². The van der Waals surface area contributed by atoms with Crippen molar-refractivity contribution in [1.82, 2.24) is 9.97 Å². The number of aliphatic hydroxyl groups excluding tert-OH is 1. The average molecular weight is 475 g/mol. The fourth-order valence-electron chi connectivity index (χ4n) is 5.05. The fraction of sp³-hybridized carbons (Fsp3) is 0.455. The minimum Gasteiger partial charge on any atom is -0.393 e. The first kappa shape index (κ1) is 21.7. The summed E-state index contributed by atoms with van der Waals surface area (Å²) in [5, 5.41) is 21.1. The Kier molecular flexibility index (Phi) is 5.89. The van der Waals surface area contributed by atoms with E-state index >= 15 is 0 Å². The second-order valence-corrected chi connectivity index (χ2v) is 10.8. The van der Waals surface area contributed by atoms with Crippen LogP contribution in [0.15, 0.2) is 36.0 Å². The Morgan fingerprint density at radius 1 is 1.22 bits per heavy atom. The molecule has 2 aliphatic rings. The smallest absolute Gasteiger partial charge is 0.333 e. The van der Waals surface area contributed by atoms with Crippen LogP contribution in [0.4, 0.5) is 5.82 Å². The van der Waals surface area contributed by atoms with Crippen LogP contribution in [-0.4, -0.2) is 36.2 Å². The number of anilines is 1. The quantitative estimate of drug-likeness (QED) is 0.500. The number of hydrogen-bond acceptors (Lipinski definition) is 8. The highest BCUT2D eigenvalue weighted by Crippen LogP contribution is 2.44. The predicted octanol–water partition coefficient (Wildman–Crippen LogP) is 3.26. The first-order valence-electron chi connectivity index (χ1n) is 10.8. The lowest BCUT2D eigenvalue weighted by Crippen LogP contribution is -2.24. The lowest BCUT2D eigenvalue weighted by Gasteiger charge is -2.26. The molecule has 2 aromatic heterocycles. The number of nitrogens with zero attached hydrogens (tertiary/aromatic N) is 2. The van der Waals surface area contributed by atoms with E-state index in [1.54, 1.807) is 17.7 Å². The highest BCUT2D eigenvalue weighted by atomic mass is 32.2. The summed E-state index contributed by atoms with van der Waals surface area (Å²) in [7, 11) is -4.02. The van der Waals surface area contributed by atoms with E-state index in [2.05, 4.69) is 44.9 Å². The van der Waals surface area contributed by atoms with Crippen molar-refractivity contribution in [3.8, 4) is 0 Å². The molecule has 10 heteroatoms. The zero-order valence-corrected chi connectivity index (χ0v) is 19.1. The second-order valence-electron chi connectivity index (χ2n) is 8.65. The van der Waals surface area contributed by atoms with Crippen molar-refractivity contribution in [1.29, 1.82) is 0 Å². The molecule has 1 aromatic carbocycles. The molecule has 32 heavy (non-hydrogen) atoms. The summed E-state index contributed by atoms with van der Waals surface area (Å²) in [5.41, 5.74) is 4.68. The van der Waals surface area contributed by atoms with Gasteiger partial charge in [0, 0.05) is 5.92 Å². The Balaban J connectivity index is 1.37.